The van der Waals surface area contributed by atoms with Gasteiger partial charge in [0.15, 0.2) is 0 Å². The third kappa shape index (κ3) is 4.41. The minimum absolute atomic E-state index is 0.153. The lowest BCUT2D eigenvalue weighted by Crippen LogP contribution is -2.52. The van der Waals surface area contributed by atoms with Gasteiger partial charge in [0.05, 0.1) is 0 Å². The van der Waals surface area contributed by atoms with E-state index < -0.39 is 6.04 Å². The molecule has 36 heavy (non-hydrogen) atoms. The molecule has 4 aliphatic rings. The van der Waals surface area contributed by atoms with Gasteiger partial charge in [-0.15, -0.1) is 0 Å². The van der Waals surface area contributed by atoms with Crippen LogP contribution < -0.4 is 10.1 Å². The molecule has 0 bridgehead atoms. The number of piperidine rings is 2. The van der Waals surface area contributed by atoms with Gasteiger partial charge in [-0.1, -0.05) is 24.6 Å². The van der Waals surface area contributed by atoms with Crippen molar-refractivity contribution >= 4 is 17.7 Å². The molecule has 2 atom stereocenters. The highest BCUT2D eigenvalue weighted by Crippen LogP contribution is 2.31. The van der Waals surface area contributed by atoms with E-state index in [9.17, 15) is 14.4 Å². The molecule has 2 fully saturated rings. The molecule has 0 spiro atoms. The average Bonchev–Trinajstić information content (AvgIpc) is 3.49. The second kappa shape index (κ2) is 9.69. The predicted molar refractivity (Wildman–Crippen MR) is 134 cm³/mol. The van der Waals surface area contributed by atoms with E-state index >= 15 is 0 Å². The van der Waals surface area contributed by atoms with E-state index in [0.717, 1.165) is 30.8 Å². The first-order valence-corrected chi connectivity index (χ1v) is 13.3. The second-order valence-corrected chi connectivity index (χ2v) is 10.6. The summed E-state index contributed by atoms with van der Waals surface area (Å²) in [5, 5.41) is 2.36. The third-order valence-corrected chi connectivity index (χ3v) is 8.30. The molecule has 3 amide bonds. The van der Waals surface area contributed by atoms with Crippen LogP contribution in [0.25, 0.3) is 0 Å². The summed E-state index contributed by atoms with van der Waals surface area (Å²) in [6.07, 6.45) is 7.87. The topological polar surface area (TPSA) is 79.0 Å². The van der Waals surface area contributed by atoms with E-state index in [1.54, 1.807) is 10.5 Å². The summed E-state index contributed by atoms with van der Waals surface area (Å²) in [6.45, 7) is 3.07. The lowest BCUT2D eigenvalue weighted by Gasteiger charge is -2.36. The average molecular weight is 488 g/mol. The first kappa shape index (κ1) is 23.2. The van der Waals surface area contributed by atoms with Gasteiger partial charge in [0, 0.05) is 31.1 Å². The quantitative estimate of drug-likeness (QED) is 0.632. The smallest absolute Gasteiger partial charge is 0.255 e. The molecule has 0 radical (unpaired) electrons. The summed E-state index contributed by atoms with van der Waals surface area (Å²) in [5.41, 5.74) is 6.05. The van der Waals surface area contributed by atoms with Crippen molar-refractivity contribution in [3.05, 3.63) is 64.2 Å². The minimum atomic E-state index is -0.595. The fraction of sp³-hybridized carbons (Fsp3) is 0.483. The zero-order chi connectivity index (χ0) is 24.6. The highest BCUT2D eigenvalue weighted by molar-refractivity contribution is 6.05. The maximum atomic E-state index is 13.0. The molecule has 0 aromatic heterocycles. The van der Waals surface area contributed by atoms with Crippen LogP contribution in [0.2, 0.25) is 0 Å². The number of likely N-dealkylation sites (tertiary alicyclic amines) is 1. The molecule has 2 saturated heterocycles. The standard InChI is InChI=1S/C29H33N3O4/c33-27-13-12-26(28(34)30-27)32-17-21-15-23(10-11-25(21)29(32)35)36-18-22-8-1-2-14-31(22)16-20-7-3-5-19-6-4-9-24(19)20/h3,5,7,10-11,15,22,26H,1-2,4,6,8-9,12-14,16-18H2,(H,30,33,34)/t22-,26?/m1/s1. The number of rotatable bonds is 6. The Labute approximate surface area is 211 Å². The van der Waals surface area contributed by atoms with Gasteiger partial charge in [-0.25, -0.2) is 0 Å². The van der Waals surface area contributed by atoms with Crippen LogP contribution in [-0.4, -0.2) is 52.8 Å². The van der Waals surface area contributed by atoms with Gasteiger partial charge < -0.3 is 9.64 Å². The number of benzene rings is 2. The molecule has 1 aliphatic carbocycles. The summed E-state index contributed by atoms with van der Waals surface area (Å²) >= 11 is 0. The first-order valence-electron chi connectivity index (χ1n) is 13.3. The molecule has 1 unspecified atom stereocenters. The van der Waals surface area contributed by atoms with E-state index in [-0.39, 0.29) is 24.1 Å². The number of nitrogens with one attached hydrogen (secondary N) is 1. The van der Waals surface area contributed by atoms with Crippen LogP contribution >= 0.6 is 0 Å². The molecule has 188 valence electrons. The summed E-state index contributed by atoms with van der Waals surface area (Å²) in [7, 11) is 0. The summed E-state index contributed by atoms with van der Waals surface area (Å²) in [6, 6.07) is 12.2. The summed E-state index contributed by atoms with van der Waals surface area (Å²) in [4.78, 5) is 40.9. The van der Waals surface area contributed by atoms with Crippen LogP contribution in [0.5, 0.6) is 5.75 Å². The van der Waals surface area contributed by atoms with Gasteiger partial charge >= 0.3 is 0 Å². The van der Waals surface area contributed by atoms with Gasteiger partial charge in [-0.3, -0.25) is 24.6 Å². The van der Waals surface area contributed by atoms with Gasteiger partial charge in [0.1, 0.15) is 18.4 Å². The first-order chi connectivity index (χ1) is 17.6. The monoisotopic (exact) mass is 487 g/mol. The SMILES string of the molecule is O=C1CCC(N2Cc3cc(OC[C@H]4CCCCN4Cc4cccc5c4CCC5)ccc3C2=O)C(=O)N1. The Morgan fingerprint density at radius 3 is 2.75 bits per heavy atom. The zero-order valence-corrected chi connectivity index (χ0v) is 20.6. The summed E-state index contributed by atoms with van der Waals surface area (Å²) in [5.74, 6) is -0.0486. The van der Waals surface area contributed by atoms with Crippen molar-refractivity contribution in [3.63, 3.8) is 0 Å². The molecular formula is C29H33N3O4. The lowest BCUT2D eigenvalue weighted by molar-refractivity contribution is -0.136. The van der Waals surface area contributed by atoms with Crippen molar-refractivity contribution in [1.82, 2.24) is 15.1 Å². The molecule has 3 heterocycles. The Kier molecular flexibility index (Phi) is 6.25. The van der Waals surface area contributed by atoms with E-state index in [1.807, 2.05) is 18.2 Å². The largest absolute Gasteiger partial charge is 0.492 e. The van der Waals surface area contributed by atoms with E-state index in [4.69, 9.17) is 4.74 Å². The number of nitrogens with zero attached hydrogens (tertiary/aromatic N) is 2. The van der Waals surface area contributed by atoms with Gasteiger partial charge in [-0.05, 0) is 85.5 Å². The van der Waals surface area contributed by atoms with Gasteiger partial charge in [0.25, 0.3) is 5.91 Å². The minimum Gasteiger partial charge on any atom is -0.492 e. The normalized spacial score (nSPS) is 24.0. The fourth-order valence-corrected chi connectivity index (χ4v) is 6.36. The van der Waals surface area contributed by atoms with Crippen LogP contribution in [0.1, 0.15) is 71.1 Å². The van der Waals surface area contributed by atoms with Crippen LogP contribution in [0.3, 0.4) is 0 Å². The number of ether oxygens (including phenoxy) is 1. The second-order valence-electron chi connectivity index (χ2n) is 10.6. The number of amides is 3. The molecule has 7 heteroatoms. The number of carbonyl (C=O) groups is 3. The number of fused-ring (bicyclic) bond motifs is 2. The molecule has 2 aromatic rings. The van der Waals surface area contributed by atoms with Crippen LogP contribution in [-0.2, 0) is 35.5 Å². The Morgan fingerprint density at radius 1 is 0.944 bits per heavy atom. The Bertz CT molecular complexity index is 1210. The molecular weight excluding hydrogens is 454 g/mol. The number of aryl methyl sites for hydroxylation is 1. The number of hydrogen-bond donors (Lipinski definition) is 1. The van der Waals surface area contributed by atoms with Crippen molar-refractivity contribution < 1.29 is 19.1 Å². The molecule has 3 aliphatic heterocycles. The zero-order valence-electron chi connectivity index (χ0n) is 20.6. The number of hydrogen-bond acceptors (Lipinski definition) is 5. The highest BCUT2D eigenvalue weighted by atomic mass is 16.5. The van der Waals surface area contributed by atoms with Crippen LogP contribution in [0.15, 0.2) is 36.4 Å². The van der Waals surface area contributed by atoms with Crippen molar-refractivity contribution in [1.29, 1.82) is 0 Å². The number of carbonyl (C=O) groups excluding carboxylic acids is 3. The van der Waals surface area contributed by atoms with Crippen molar-refractivity contribution in [2.45, 2.75) is 76.5 Å². The predicted octanol–water partition coefficient (Wildman–Crippen LogP) is 3.37. The van der Waals surface area contributed by atoms with E-state index in [1.165, 1.54) is 43.2 Å². The molecule has 2 aromatic carbocycles. The molecule has 7 nitrogen and oxygen atoms in total. The van der Waals surface area contributed by atoms with Crippen LogP contribution in [0.4, 0.5) is 0 Å². The van der Waals surface area contributed by atoms with E-state index in [0.29, 0.717) is 31.2 Å². The van der Waals surface area contributed by atoms with Crippen molar-refractivity contribution in [2.75, 3.05) is 13.2 Å². The molecule has 1 N–H and O–H groups in total. The fourth-order valence-electron chi connectivity index (χ4n) is 6.36. The maximum absolute atomic E-state index is 13.0. The Balaban J connectivity index is 1.11. The van der Waals surface area contributed by atoms with Gasteiger partial charge in [-0.2, -0.15) is 0 Å². The number of imide groups is 1. The third-order valence-electron chi connectivity index (χ3n) is 8.30. The maximum Gasteiger partial charge on any atom is 0.255 e. The van der Waals surface area contributed by atoms with Crippen molar-refractivity contribution in [3.8, 4) is 5.75 Å². The molecule has 6 rings (SSSR count). The van der Waals surface area contributed by atoms with Crippen molar-refractivity contribution in [2.24, 2.45) is 0 Å². The summed E-state index contributed by atoms with van der Waals surface area (Å²) < 4.78 is 6.29. The Hall–Kier alpha value is -3.19. The highest BCUT2D eigenvalue weighted by Gasteiger charge is 2.39. The van der Waals surface area contributed by atoms with E-state index in [2.05, 4.69) is 28.4 Å². The lowest BCUT2D eigenvalue weighted by atomic mass is 9.98. The Morgan fingerprint density at radius 2 is 1.86 bits per heavy atom. The van der Waals surface area contributed by atoms with Gasteiger partial charge in [0.2, 0.25) is 11.8 Å². The molecule has 0 saturated carbocycles. The van der Waals surface area contributed by atoms with Crippen LogP contribution in [0, 0.1) is 0 Å².